The number of carbonyl (C=O) groups is 1. The summed E-state index contributed by atoms with van der Waals surface area (Å²) in [6, 6.07) is 0. The van der Waals surface area contributed by atoms with E-state index in [-0.39, 0.29) is 11.8 Å². The molecule has 104 valence electrons. The molecule has 1 aliphatic rings. The first-order chi connectivity index (χ1) is 9.09. The Morgan fingerprint density at radius 1 is 1.58 bits per heavy atom. The second-order valence-electron chi connectivity index (χ2n) is 5.41. The van der Waals surface area contributed by atoms with Gasteiger partial charge in [0.1, 0.15) is 0 Å². The molecule has 19 heavy (non-hydrogen) atoms. The van der Waals surface area contributed by atoms with Gasteiger partial charge in [-0.05, 0) is 31.1 Å². The van der Waals surface area contributed by atoms with Crippen LogP contribution in [0.3, 0.4) is 0 Å². The second-order valence-corrected chi connectivity index (χ2v) is 5.41. The zero-order valence-electron chi connectivity index (χ0n) is 11.6. The third-order valence-corrected chi connectivity index (χ3v) is 3.55. The summed E-state index contributed by atoms with van der Waals surface area (Å²) in [5.41, 5.74) is 7.56. The number of hydrogen-bond donors (Lipinski definition) is 3. The molecule has 1 unspecified atom stereocenters. The van der Waals surface area contributed by atoms with E-state index in [1.165, 1.54) is 0 Å². The van der Waals surface area contributed by atoms with Gasteiger partial charge in [-0.3, -0.25) is 9.89 Å². The summed E-state index contributed by atoms with van der Waals surface area (Å²) in [6.07, 6.45) is 7.64. The Kier molecular flexibility index (Phi) is 4.24. The summed E-state index contributed by atoms with van der Waals surface area (Å²) in [5.74, 6) is 0.575. The molecule has 0 saturated heterocycles. The number of aromatic nitrogens is 2. The second kappa shape index (κ2) is 5.91. The van der Waals surface area contributed by atoms with Gasteiger partial charge in [0.15, 0.2) is 5.69 Å². The van der Waals surface area contributed by atoms with E-state index in [0.717, 1.165) is 25.0 Å². The summed E-state index contributed by atoms with van der Waals surface area (Å²) in [7, 11) is 0. The molecule has 2 rings (SSSR count). The lowest BCUT2D eigenvalue weighted by atomic mass is 9.94. The van der Waals surface area contributed by atoms with E-state index in [4.69, 9.17) is 5.73 Å². The van der Waals surface area contributed by atoms with Gasteiger partial charge >= 0.3 is 0 Å². The van der Waals surface area contributed by atoms with Crippen molar-refractivity contribution >= 4 is 11.6 Å². The molecule has 0 aliphatic heterocycles. The predicted molar refractivity (Wildman–Crippen MR) is 75.9 cm³/mol. The molecule has 0 saturated carbocycles. The highest BCUT2D eigenvalue weighted by molar-refractivity contribution is 5.97. The smallest absolute Gasteiger partial charge is 0.273 e. The maximum atomic E-state index is 12.1. The highest BCUT2D eigenvalue weighted by Crippen LogP contribution is 2.22. The van der Waals surface area contributed by atoms with Crippen molar-refractivity contribution in [2.45, 2.75) is 39.0 Å². The maximum Gasteiger partial charge on any atom is 0.273 e. The fraction of sp³-hybridized carbons (Fsp3) is 0.571. The van der Waals surface area contributed by atoms with Gasteiger partial charge in [-0.15, -0.1) is 0 Å². The first kappa shape index (κ1) is 13.6. The molecule has 0 spiro atoms. The normalized spacial score (nSPS) is 18.8. The molecular formula is C14H22N4O. The number of allylic oxidation sites excluding steroid dienone is 2. The Morgan fingerprint density at radius 3 is 2.95 bits per heavy atom. The number of rotatable bonds is 4. The first-order valence-electron chi connectivity index (χ1n) is 6.86. The van der Waals surface area contributed by atoms with Crippen LogP contribution in [0.15, 0.2) is 12.2 Å². The molecule has 4 N–H and O–H groups in total. The minimum absolute atomic E-state index is 0.185. The van der Waals surface area contributed by atoms with Crippen LogP contribution in [0, 0.1) is 5.92 Å². The minimum atomic E-state index is -0.185. The van der Waals surface area contributed by atoms with Crippen molar-refractivity contribution in [3.05, 3.63) is 23.5 Å². The van der Waals surface area contributed by atoms with Crippen molar-refractivity contribution in [2.75, 3.05) is 12.3 Å². The number of nitrogen functional groups attached to an aromatic ring is 1. The molecule has 1 aliphatic carbocycles. The number of anilines is 1. The van der Waals surface area contributed by atoms with Crippen molar-refractivity contribution in [3.63, 3.8) is 0 Å². The number of aromatic amines is 1. The Hall–Kier alpha value is -1.78. The van der Waals surface area contributed by atoms with E-state index in [0.29, 0.717) is 23.8 Å². The average molecular weight is 262 g/mol. The summed E-state index contributed by atoms with van der Waals surface area (Å²) in [6.45, 7) is 4.71. The molecule has 1 atom stereocenters. The monoisotopic (exact) mass is 262 g/mol. The first-order valence-corrected chi connectivity index (χ1v) is 6.86. The van der Waals surface area contributed by atoms with Crippen LogP contribution in [-0.2, 0) is 0 Å². The lowest BCUT2D eigenvalue weighted by molar-refractivity contribution is 0.0942. The minimum Gasteiger partial charge on any atom is -0.395 e. The fourth-order valence-corrected chi connectivity index (χ4v) is 2.34. The maximum absolute atomic E-state index is 12.1. The number of H-pyrrole nitrogens is 1. The van der Waals surface area contributed by atoms with Gasteiger partial charge < -0.3 is 11.1 Å². The molecule has 1 aromatic heterocycles. The van der Waals surface area contributed by atoms with E-state index in [1.54, 1.807) is 0 Å². The molecule has 1 heterocycles. The van der Waals surface area contributed by atoms with Crippen LogP contribution in [0.2, 0.25) is 0 Å². The largest absolute Gasteiger partial charge is 0.395 e. The molecule has 0 fully saturated rings. The fourth-order valence-electron chi connectivity index (χ4n) is 2.34. The zero-order valence-corrected chi connectivity index (χ0v) is 11.6. The van der Waals surface area contributed by atoms with Gasteiger partial charge in [-0.25, -0.2) is 0 Å². The van der Waals surface area contributed by atoms with E-state index in [2.05, 4.69) is 27.7 Å². The third kappa shape index (κ3) is 3.16. The van der Waals surface area contributed by atoms with E-state index in [1.807, 2.05) is 13.8 Å². The van der Waals surface area contributed by atoms with Gasteiger partial charge in [0, 0.05) is 6.54 Å². The SMILES string of the molecule is CC(C)c1[nH]nc(C(=O)NCC2CC=CCC2)c1N. The Balaban J connectivity index is 1.94. The lowest BCUT2D eigenvalue weighted by Crippen LogP contribution is -2.30. The summed E-state index contributed by atoms with van der Waals surface area (Å²) >= 11 is 0. The lowest BCUT2D eigenvalue weighted by Gasteiger charge is -2.17. The van der Waals surface area contributed by atoms with Crippen LogP contribution in [0.25, 0.3) is 0 Å². The van der Waals surface area contributed by atoms with Crippen LogP contribution in [-0.4, -0.2) is 22.6 Å². The molecule has 5 nitrogen and oxygen atoms in total. The standard InChI is InChI=1S/C14H22N4O/c1-9(2)12-11(15)13(18-17-12)14(19)16-8-10-6-4-3-5-7-10/h3-4,9-10H,5-8,15H2,1-2H3,(H,16,19)(H,17,18). The summed E-state index contributed by atoms with van der Waals surface area (Å²) < 4.78 is 0. The van der Waals surface area contributed by atoms with Crippen molar-refractivity contribution in [2.24, 2.45) is 5.92 Å². The number of nitrogens with one attached hydrogen (secondary N) is 2. The number of nitrogens with zero attached hydrogens (tertiary/aromatic N) is 1. The number of amides is 1. The molecule has 0 radical (unpaired) electrons. The van der Waals surface area contributed by atoms with Crippen molar-refractivity contribution in [3.8, 4) is 0 Å². The quantitative estimate of drug-likeness (QED) is 0.727. The third-order valence-electron chi connectivity index (χ3n) is 3.55. The van der Waals surface area contributed by atoms with Crippen LogP contribution in [0.1, 0.15) is 55.2 Å². The molecule has 0 aromatic carbocycles. The Labute approximate surface area is 113 Å². The topological polar surface area (TPSA) is 83.8 Å². The van der Waals surface area contributed by atoms with Gasteiger partial charge in [0.25, 0.3) is 5.91 Å². The van der Waals surface area contributed by atoms with Crippen LogP contribution in [0.5, 0.6) is 0 Å². The highest BCUT2D eigenvalue weighted by Gasteiger charge is 2.19. The summed E-state index contributed by atoms with van der Waals surface area (Å²) in [5, 5.41) is 9.80. The van der Waals surface area contributed by atoms with Crippen LogP contribution < -0.4 is 11.1 Å². The number of carbonyl (C=O) groups excluding carboxylic acids is 1. The van der Waals surface area contributed by atoms with Crippen molar-refractivity contribution in [1.29, 1.82) is 0 Å². The van der Waals surface area contributed by atoms with Gasteiger partial charge in [0.05, 0.1) is 11.4 Å². The number of nitrogens with two attached hydrogens (primary N) is 1. The Morgan fingerprint density at radius 2 is 2.37 bits per heavy atom. The van der Waals surface area contributed by atoms with Crippen LogP contribution in [0.4, 0.5) is 5.69 Å². The van der Waals surface area contributed by atoms with Gasteiger partial charge in [0.2, 0.25) is 0 Å². The zero-order chi connectivity index (χ0) is 13.8. The Bertz CT molecular complexity index is 476. The summed E-state index contributed by atoms with van der Waals surface area (Å²) in [4.78, 5) is 12.1. The van der Waals surface area contributed by atoms with E-state index < -0.39 is 0 Å². The van der Waals surface area contributed by atoms with Crippen molar-refractivity contribution < 1.29 is 4.79 Å². The van der Waals surface area contributed by atoms with Crippen LogP contribution >= 0.6 is 0 Å². The van der Waals surface area contributed by atoms with E-state index in [9.17, 15) is 4.79 Å². The molecule has 1 aromatic rings. The molecule has 1 amide bonds. The van der Waals surface area contributed by atoms with Gasteiger partial charge in [-0.2, -0.15) is 5.10 Å². The molecular weight excluding hydrogens is 240 g/mol. The van der Waals surface area contributed by atoms with E-state index >= 15 is 0 Å². The highest BCUT2D eigenvalue weighted by atomic mass is 16.1. The number of hydrogen-bond acceptors (Lipinski definition) is 3. The average Bonchev–Trinajstić information content (AvgIpc) is 2.79. The van der Waals surface area contributed by atoms with Gasteiger partial charge in [-0.1, -0.05) is 26.0 Å². The molecule has 5 heteroatoms. The van der Waals surface area contributed by atoms with Crippen molar-refractivity contribution in [1.82, 2.24) is 15.5 Å². The predicted octanol–water partition coefficient (Wildman–Crippen LogP) is 2.20. The molecule has 0 bridgehead atoms.